The Kier molecular flexibility index (Phi) is 2.90. The summed E-state index contributed by atoms with van der Waals surface area (Å²) in [6.45, 7) is 0. The van der Waals surface area contributed by atoms with Crippen LogP contribution in [0.15, 0.2) is 17.1 Å². The SMILES string of the molecule is CN(C)C(F)c1c(O)c(=O)ccn1C. The van der Waals surface area contributed by atoms with E-state index in [2.05, 4.69) is 0 Å². The standard InChI is InChI=1S/C9H13FN2O2/c1-11(2)9(10)7-8(14)6(13)4-5-12(7)3/h4-5,9,14H,1-3H3. The van der Waals surface area contributed by atoms with E-state index in [1.54, 1.807) is 7.05 Å². The van der Waals surface area contributed by atoms with Gasteiger partial charge >= 0.3 is 0 Å². The summed E-state index contributed by atoms with van der Waals surface area (Å²) in [5.41, 5.74) is -0.592. The van der Waals surface area contributed by atoms with Crippen molar-refractivity contribution in [1.29, 1.82) is 0 Å². The van der Waals surface area contributed by atoms with Crippen LogP contribution in [0.3, 0.4) is 0 Å². The molecule has 1 aromatic heterocycles. The Morgan fingerprint density at radius 2 is 2.14 bits per heavy atom. The highest BCUT2D eigenvalue weighted by Crippen LogP contribution is 2.24. The number of hydrogen-bond donors (Lipinski definition) is 1. The molecule has 0 aliphatic rings. The molecule has 1 unspecified atom stereocenters. The normalized spacial score (nSPS) is 13.2. The molecule has 0 aliphatic heterocycles. The largest absolute Gasteiger partial charge is 0.503 e. The molecule has 1 N–H and O–H groups in total. The third-order valence-corrected chi connectivity index (χ3v) is 1.98. The molecule has 0 bridgehead atoms. The summed E-state index contributed by atoms with van der Waals surface area (Å²) in [4.78, 5) is 12.3. The van der Waals surface area contributed by atoms with Crippen molar-refractivity contribution in [3.63, 3.8) is 0 Å². The van der Waals surface area contributed by atoms with Crippen molar-refractivity contribution in [2.45, 2.75) is 6.30 Å². The molecule has 1 atom stereocenters. The first kappa shape index (κ1) is 10.7. The zero-order valence-corrected chi connectivity index (χ0v) is 8.36. The summed E-state index contributed by atoms with van der Waals surface area (Å²) in [6.07, 6.45) is -0.0677. The van der Waals surface area contributed by atoms with Crippen molar-refractivity contribution in [3.05, 3.63) is 28.2 Å². The van der Waals surface area contributed by atoms with Crippen LogP contribution in [-0.2, 0) is 7.05 Å². The summed E-state index contributed by atoms with van der Waals surface area (Å²) in [5.74, 6) is -0.531. The fourth-order valence-electron chi connectivity index (χ4n) is 1.16. The second-order valence-electron chi connectivity index (χ2n) is 3.32. The summed E-state index contributed by atoms with van der Waals surface area (Å²) in [7, 11) is 4.63. The topological polar surface area (TPSA) is 45.5 Å². The van der Waals surface area contributed by atoms with E-state index in [-0.39, 0.29) is 5.69 Å². The van der Waals surface area contributed by atoms with E-state index in [1.807, 2.05) is 0 Å². The molecule has 0 saturated heterocycles. The maximum Gasteiger partial charge on any atom is 0.223 e. The summed E-state index contributed by atoms with van der Waals surface area (Å²) in [5, 5.41) is 9.40. The van der Waals surface area contributed by atoms with Crippen molar-refractivity contribution < 1.29 is 9.50 Å². The quantitative estimate of drug-likeness (QED) is 0.712. The van der Waals surface area contributed by atoms with Gasteiger partial charge in [-0.2, -0.15) is 0 Å². The highest BCUT2D eigenvalue weighted by atomic mass is 19.1. The highest BCUT2D eigenvalue weighted by Gasteiger charge is 2.20. The van der Waals surface area contributed by atoms with Gasteiger partial charge in [0, 0.05) is 19.3 Å². The lowest BCUT2D eigenvalue weighted by atomic mass is 10.2. The first-order valence-electron chi connectivity index (χ1n) is 4.14. The van der Waals surface area contributed by atoms with E-state index >= 15 is 0 Å². The smallest absolute Gasteiger partial charge is 0.223 e. The number of aryl methyl sites for hydroxylation is 1. The van der Waals surface area contributed by atoms with Crippen LogP contribution in [0.1, 0.15) is 12.0 Å². The average molecular weight is 200 g/mol. The van der Waals surface area contributed by atoms with Gasteiger partial charge in [-0.3, -0.25) is 9.69 Å². The minimum Gasteiger partial charge on any atom is -0.503 e. The lowest BCUT2D eigenvalue weighted by molar-refractivity contribution is 0.127. The lowest BCUT2D eigenvalue weighted by Gasteiger charge is -2.19. The van der Waals surface area contributed by atoms with Gasteiger partial charge in [-0.1, -0.05) is 0 Å². The summed E-state index contributed by atoms with van der Waals surface area (Å²) < 4.78 is 15.0. The Morgan fingerprint density at radius 3 is 2.64 bits per heavy atom. The first-order valence-corrected chi connectivity index (χ1v) is 4.14. The molecule has 0 spiro atoms. The molecular weight excluding hydrogens is 187 g/mol. The van der Waals surface area contributed by atoms with Crippen LogP contribution in [0.5, 0.6) is 5.75 Å². The maximum absolute atomic E-state index is 13.6. The number of nitrogens with zero attached hydrogens (tertiary/aromatic N) is 2. The van der Waals surface area contributed by atoms with E-state index < -0.39 is 17.5 Å². The van der Waals surface area contributed by atoms with Crippen LogP contribution in [0.4, 0.5) is 4.39 Å². The van der Waals surface area contributed by atoms with Crippen molar-refractivity contribution in [2.24, 2.45) is 7.05 Å². The van der Waals surface area contributed by atoms with Gasteiger partial charge in [-0.25, -0.2) is 4.39 Å². The summed E-state index contributed by atoms with van der Waals surface area (Å²) in [6, 6.07) is 1.20. The number of aromatic hydroxyl groups is 1. The minimum atomic E-state index is -1.49. The molecule has 0 saturated carbocycles. The fraction of sp³-hybridized carbons (Fsp3) is 0.444. The lowest BCUT2D eigenvalue weighted by Crippen LogP contribution is -2.21. The predicted molar refractivity (Wildman–Crippen MR) is 50.9 cm³/mol. The van der Waals surface area contributed by atoms with Gasteiger partial charge in [0.25, 0.3) is 0 Å². The maximum atomic E-state index is 13.6. The van der Waals surface area contributed by atoms with Crippen LogP contribution in [0.2, 0.25) is 0 Å². The zero-order chi connectivity index (χ0) is 10.9. The molecule has 5 heteroatoms. The van der Waals surface area contributed by atoms with Crippen LogP contribution < -0.4 is 5.43 Å². The molecule has 0 amide bonds. The van der Waals surface area contributed by atoms with Gasteiger partial charge in [0.05, 0.1) is 0 Å². The zero-order valence-electron chi connectivity index (χ0n) is 8.36. The molecule has 14 heavy (non-hydrogen) atoms. The Morgan fingerprint density at radius 1 is 1.57 bits per heavy atom. The summed E-state index contributed by atoms with van der Waals surface area (Å²) >= 11 is 0. The third-order valence-electron chi connectivity index (χ3n) is 1.98. The van der Waals surface area contributed by atoms with Gasteiger partial charge < -0.3 is 9.67 Å². The van der Waals surface area contributed by atoms with Crippen LogP contribution in [0, 0.1) is 0 Å². The van der Waals surface area contributed by atoms with Gasteiger partial charge in [0.15, 0.2) is 12.0 Å². The molecule has 0 radical (unpaired) electrons. The Balaban J connectivity index is 3.32. The predicted octanol–water partition coefficient (Wildman–Crippen LogP) is 0.621. The fourth-order valence-corrected chi connectivity index (χ4v) is 1.16. The molecule has 4 nitrogen and oxygen atoms in total. The molecule has 1 heterocycles. The highest BCUT2D eigenvalue weighted by molar-refractivity contribution is 5.28. The molecular formula is C9H13FN2O2. The molecule has 0 aromatic carbocycles. The number of pyridine rings is 1. The first-order chi connectivity index (χ1) is 6.45. The van der Waals surface area contributed by atoms with E-state index in [0.717, 1.165) is 0 Å². The van der Waals surface area contributed by atoms with Gasteiger partial charge in [-0.05, 0) is 14.1 Å². The number of alkyl halides is 1. The van der Waals surface area contributed by atoms with Gasteiger partial charge in [0.2, 0.25) is 5.43 Å². The molecule has 78 valence electrons. The second-order valence-corrected chi connectivity index (χ2v) is 3.32. The third kappa shape index (κ3) is 1.77. The number of aromatic nitrogens is 1. The second kappa shape index (κ2) is 3.79. The van der Waals surface area contributed by atoms with Crippen molar-refractivity contribution in [2.75, 3.05) is 14.1 Å². The van der Waals surface area contributed by atoms with Crippen LogP contribution in [0.25, 0.3) is 0 Å². The van der Waals surface area contributed by atoms with Crippen LogP contribution >= 0.6 is 0 Å². The van der Waals surface area contributed by atoms with Gasteiger partial charge in [-0.15, -0.1) is 0 Å². The Labute approximate surface area is 81.2 Å². The molecule has 1 rings (SSSR count). The molecule has 0 aliphatic carbocycles. The minimum absolute atomic E-state index is 0.0255. The van der Waals surface area contributed by atoms with E-state index in [9.17, 15) is 14.3 Å². The Hall–Kier alpha value is -1.36. The monoisotopic (exact) mass is 200 g/mol. The number of halogens is 1. The van der Waals surface area contributed by atoms with Crippen molar-refractivity contribution >= 4 is 0 Å². The van der Waals surface area contributed by atoms with E-state index in [0.29, 0.717) is 0 Å². The molecule has 0 fully saturated rings. The van der Waals surface area contributed by atoms with Crippen molar-refractivity contribution in [1.82, 2.24) is 9.47 Å². The van der Waals surface area contributed by atoms with E-state index in [4.69, 9.17) is 0 Å². The van der Waals surface area contributed by atoms with Crippen molar-refractivity contribution in [3.8, 4) is 5.75 Å². The molecule has 1 aromatic rings. The van der Waals surface area contributed by atoms with Gasteiger partial charge in [0.1, 0.15) is 5.69 Å². The van der Waals surface area contributed by atoms with Crippen LogP contribution in [-0.4, -0.2) is 28.7 Å². The average Bonchev–Trinajstić information content (AvgIpc) is 2.12. The van der Waals surface area contributed by atoms with E-state index in [1.165, 1.54) is 35.8 Å². The Bertz CT molecular complexity index is 387. The number of rotatable bonds is 2. The number of hydrogen-bond acceptors (Lipinski definition) is 3.